The number of hydrogen-bond donors (Lipinski definition) is 3. The van der Waals surface area contributed by atoms with Crippen LogP contribution in [-0.4, -0.2) is 26.4 Å². The van der Waals surface area contributed by atoms with Gasteiger partial charge < -0.3 is 15.6 Å². The molecule has 0 radical (unpaired) electrons. The fourth-order valence-electron chi connectivity index (χ4n) is 3.60. The first-order valence-electron chi connectivity index (χ1n) is 10.0. The number of aryl methyl sites for hydroxylation is 1. The van der Waals surface area contributed by atoms with Gasteiger partial charge in [0.1, 0.15) is 11.2 Å². The van der Waals surface area contributed by atoms with Gasteiger partial charge >= 0.3 is 6.18 Å². The smallest absolute Gasteiger partial charge is 0.342 e. The zero-order valence-corrected chi connectivity index (χ0v) is 17.9. The fraction of sp³-hybridized carbons (Fsp3) is 0.130. The second-order valence-corrected chi connectivity index (χ2v) is 7.49. The number of alkyl halides is 3. The summed E-state index contributed by atoms with van der Waals surface area (Å²) in [5.74, 6) is -1.15. The van der Waals surface area contributed by atoms with Crippen LogP contribution in [0.25, 0.3) is 16.8 Å². The van der Waals surface area contributed by atoms with Gasteiger partial charge in [-0.05, 0) is 30.7 Å². The molecule has 0 aliphatic heterocycles. The number of aromatic nitrogens is 3. The number of aromatic amines is 1. The molecule has 0 saturated heterocycles. The van der Waals surface area contributed by atoms with Gasteiger partial charge in [0.2, 0.25) is 5.91 Å². The predicted molar refractivity (Wildman–Crippen MR) is 120 cm³/mol. The lowest BCUT2D eigenvalue weighted by Crippen LogP contribution is -2.29. The molecule has 34 heavy (non-hydrogen) atoms. The second-order valence-electron chi connectivity index (χ2n) is 7.49. The van der Waals surface area contributed by atoms with Crippen LogP contribution in [0, 0.1) is 6.92 Å². The highest BCUT2D eigenvalue weighted by Crippen LogP contribution is 2.38. The van der Waals surface area contributed by atoms with Gasteiger partial charge in [-0.25, -0.2) is 0 Å². The highest BCUT2D eigenvalue weighted by Gasteiger charge is 2.39. The summed E-state index contributed by atoms with van der Waals surface area (Å²) in [4.78, 5) is 40.0. The number of anilines is 2. The summed E-state index contributed by atoms with van der Waals surface area (Å²) in [6, 6.07) is 13.9. The SMILES string of the molecule is CC(=O)Nc1cccc(NC(=O)c2c(C)[nH]c3c(-c4ccccc4)c(C(F)(F)F)nn3c2=O)c1. The van der Waals surface area contributed by atoms with Crippen molar-refractivity contribution in [1.29, 1.82) is 0 Å². The summed E-state index contributed by atoms with van der Waals surface area (Å²) in [6.07, 6.45) is -4.84. The molecule has 11 heteroatoms. The standard InChI is InChI=1S/C23H18F3N5O3/c1-12-17(21(33)29-16-10-6-9-15(11-16)28-13(2)32)22(34)31-20(27-12)18(14-7-4-3-5-8-14)19(30-31)23(24,25)26/h3-11,27H,1-2H3,(H,28,32)(H,29,33). The molecule has 0 saturated carbocycles. The Bertz CT molecular complexity index is 1470. The van der Waals surface area contributed by atoms with Crippen LogP contribution in [0.3, 0.4) is 0 Å². The third kappa shape index (κ3) is 4.27. The maximum absolute atomic E-state index is 13.8. The number of benzene rings is 2. The molecule has 2 heterocycles. The molecular formula is C23H18F3N5O3. The summed E-state index contributed by atoms with van der Waals surface area (Å²) in [6.45, 7) is 2.74. The third-order valence-corrected chi connectivity index (χ3v) is 4.97. The highest BCUT2D eigenvalue weighted by molar-refractivity contribution is 6.05. The van der Waals surface area contributed by atoms with Gasteiger partial charge in [-0.1, -0.05) is 36.4 Å². The predicted octanol–water partition coefficient (Wildman–Crippen LogP) is 4.23. The van der Waals surface area contributed by atoms with Crippen molar-refractivity contribution in [1.82, 2.24) is 14.6 Å². The quantitative estimate of drug-likeness (QED) is 0.416. The Balaban J connectivity index is 1.82. The van der Waals surface area contributed by atoms with Crippen molar-refractivity contribution in [2.75, 3.05) is 10.6 Å². The minimum atomic E-state index is -4.84. The topological polar surface area (TPSA) is 108 Å². The van der Waals surface area contributed by atoms with Gasteiger partial charge in [-0.2, -0.15) is 22.8 Å². The van der Waals surface area contributed by atoms with E-state index < -0.39 is 28.9 Å². The third-order valence-electron chi connectivity index (χ3n) is 4.97. The second kappa shape index (κ2) is 8.50. The van der Waals surface area contributed by atoms with Crippen molar-refractivity contribution in [2.45, 2.75) is 20.0 Å². The number of H-pyrrole nitrogens is 1. The van der Waals surface area contributed by atoms with E-state index >= 15 is 0 Å². The molecule has 2 amide bonds. The molecule has 0 bridgehead atoms. The number of hydrogen-bond acceptors (Lipinski definition) is 4. The van der Waals surface area contributed by atoms with Crippen LogP contribution in [-0.2, 0) is 11.0 Å². The van der Waals surface area contributed by atoms with Crippen LogP contribution in [0.15, 0.2) is 59.4 Å². The Labute approximate surface area is 190 Å². The van der Waals surface area contributed by atoms with E-state index in [1.54, 1.807) is 30.3 Å². The van der Waals surface area contributed by atoms with Crippen LogP contribution in [0.4, 0.5) is 24.5 Å². The fourth-order valence-corrected chi connectivity index (χ4v) is 3.60. The number of fused-ring (bicyclic) bond motifs is 1. The van der Waals surface area contributed by atoms with E-state index in [0.717, 1.165) is 0 Å². The van der Waals surface area contributed by atoms with E-state index in [9.17, 15) is 27.6 Å². The lowest BCUT2D eigenvalue weighted by molar-refractivity contribution is -0.140. The Kier molecular flexibility index (Phi) is 5.70. The molecule has 2 aromatic heterocycles. The summed E-state index contributed by atoms with van der Waals surface area (Å²) in [7, 11) is 0. The van der Waals surface area contributed by atoms with Gasteiger partial charge in [0.15, 0.2) is 5.69 Å². The minimum Gasteiger partial charge on any atom is -0.342 e. The molecule has 0 aliphatic carbocycles. The first-order valence-corrected chi connectivity index (χ1v) is 10.0. The zero-order chi connectivity index (χ0) is 24.6. The van der Waals surface area contributed by atoms with Gasteiger partial charge in [-0.3, -0.25) is 14.4 Å². The summed E-state index contributed by atoms with van der Waals surface area (Å²) < 4.78 is 41.9. The van der Waals surface area contributed by atoms with Gasteiger partial charge in [0.05, 0.1) is 5.56 Å². The van der Waals surface area contributed by atoms with Gasteiger partial charge in [0.25, 0.3) is 11.5 Å². The first kappa shape index (κ1) is 22.8. The molecule has 2 aromatic carbocycles. The van der Waals surface area contributed by atoms with E-state index in [-0.39, 0.29) is 34.1 Å². The number of carbonyl (C=O) groups is 2. The number of amides is 2. The van der Waals surface area contributed by atoms with E-state index in [1.165, 1.54) is 38.1 Å². The number of halogens is 3. The lowest BCUT2D eigenvalue weighted by atomic mass is 10.1. The largest absolute Gasteiger partial charge is 0.435 e. The van der Waals surface area contributed by atoms with Crippen LogP contribution in [0.5, 0.6) is 0 Å². The average molecular weight is 469 g/mol. The monoisotopic (exact) mass is 469 g/mol. The Morgan fingerprint density at radius 1 is 1.00 bits per heavy atom. The number of nitrogens with one attached hydrogen (secondary N) is 3. The van der Waals surface area contributed by atoms with Crippen LogP contribution in [0.1, 0.15) is 28.7 Å². The summed E-state index contributed by atoms with van der Waals surface area (Å²) >= 11 is 0. The van der Waals surface area contributed by atoms with Crippen molar-refractivity contribution >= 4 is 28.8 Å². The molecular weight excluding hydrogens is 451 g/mol. The zero-order valence-electron chi connectivity index (χ0n) is 17.9. The van der Waals surface area contributed by atoms with Crippen LogP contribution in [0.2, 0.25) is 0 Å². The Morgan fingerprint density at radius 2 is 1.65 bits per heavy atom. The van der Waals surface area contributed by atoms with Crippen molar-refractivity contribution in [3.05, 3.63) is 81.9 Å². The molecule has 0 atom stereocenters. The van der Waals surface area contributed by atoms with E-state index in [2.05, 4.69) is 20.7 Å². The average Bonchev–Trinajstić information content (AvgIpc) is 3.14. The molecule has 0 spiro atoms. The molecule has 0 aliphatic rings. The molecule has 0 fully saturated rings. The van der Waals surface area contributed by atoms with Crippen LogP contribution >= 0.6 is 0 Å². The van der Waals surface area contributed by atoms with Crippen LogP contribution < -0.4 is 16.2 Å². The number of rotatable bonds is 4. The number of carbonyl (C=O) groups excluding carboxylic acids is 2. The van der Waals surface area contributed by atoms with E-state index in [1.807, 2.05) is 0 Å². The summed E-state index contributed by atoms with van der Waals surface area (Å²) in [5, 5.41) is 8.61. The minimum absolute atomic E-state index is 0.0684. The van der Waals surface area contributed by atoms with Crippen molar-refractivity contribution in [3.63, 3.8) is 0 Å². The maximum Gasteiger partial charge on any atom is 0.435 e. The van der Waals surface area contributed by atoms with Crippen molar-refractivity contribution < 1.29 is 22.8 Å². The normalized spacial score (nSPS) is 11.4. The van der Waals surface area contributed by atoms with E-state index in [4.69, 9.17) is 0 Å². The maximum atomic E-state index is 13.8. The lowest BCUT2D eigenvalue weighted by Gasteiger charge is -2.10. The summed E-state index contributed by atoms with van der Waals surface area (Å²) in [5.41, 5.74) is -2.13. The number of nitrogens with zero attached hydrogens (tertiary/aromatic N) is 2. The Hall–Kier alpha value is -4.41. The van der Waals surface area contributed by atoms with Crippen molar-refractivity contribution in [2.24, 2.45) is 0 Å². The van der Waals surface area contributed by atoms with Gasteiger partial charge in [0, 0.05) is 24.0 Å². The molecule has 4 rings (SSSR count). The highest BCUT2D eigenvalue weighted by atomic mass is 19.4. The van der Waals surface area contributed by atoms with Crippen molar-refractivity contribution in [3.8, 4) is 11.1 Å². The molecule has 4 aromatic rings. The molecule has 0 unspecified atom stereocenters. The first-order chi connectivity index (χ1) is 16.1. The molecule has 3 N–H and O–H groups in total. The molecule has 174 valence electrons. The Morgan fingerprint density at radius 3 is 2.26 bits per heavy atom. The molecule has 8 nitrogen and oxygen atoms in total. The van der Waals surface area contributed by atoms with Gasteiger partial charge in [-0.15, -0.1) is 0 Å². The van der Waals surface area contributed by atoms with E-state index in [0.29, 0.717) is 10.2 Å².